The third-order valence-corrected chi connectivity index (χ3v) is 6.64. The highest BCUT2D eigenvalue weighted by Crippen LogP contribution is 2.41. The number of thiophene rings is 1. The molecule has 0 radical (unpaired) electrons. The summed E-state index contributed by atoms with van der Waals surface area (Å²) in [5, 5.41) is 10.6. The van der Waals surface area contributed by atoms with Crippen molar-refractivity contribution >= 4 is 27.4 Å². The summed E-state index contributed by atoms with van der Waals surface area (Å²) in [4.78, 5) is 15.1. The van der Waals surface area contributed by atoms with Gasteiger partial charge in [-0.2, -0.15) is 0 Å². The minimum absolute atomic E-state index is 0.0786. The van der Waals surface area contributed by atoms with E-state index in [1.165, 1.54) is 15.0 Å². The number of hydrogen-bond acceptors (Lipinski definition) is 4. The van der Waals surface area contributed by atoms with Crippen molar-refractivity contribution in [2.24, 2.45) is 5.92 Å². The van der Waals surface area contributed by atoms with E-state index in [0.717, 1.165) is 24.4 Å². The Morgan fingerprint density at radius 2 is 1.89 bits per heavy atom. The molecule has 1 aromatic heterocycles. The molecular weight excluding hydrogens is 370 g/mol. The number of piperidine rings is 1. The second-order valence-electron chi connectivity index (χ2n) is 7.21. The van der Waals surface area contributed by atoms with Crippen LogP contribution in [0.2, 0.25) is 0 Å². The molecule has 1 aliphatic rings. The van der Waals surface area contributed by atoms with Gasteiger partial charge in [0.1, 0.15) is 5.75 Å². The molecule has 0 spiro atoms. The summed E-state index contributed by atoms with van der Waals surface area (Å²) in [6, 6.07) is 19.0. The summed E-state index contributed by atoms with van der Waals surface area (Å²) in [7, 11) is 0. The van der Waals surface area contributed by atoms with Gasteiger partial charge in [0.05, 0.1) is 18.6 Å². The summed E-state index contributed by atoms with van der Waals surface area (Å²) >= 11 is 1.81. The number of carboxylic acid groups (broad SMARTS) is 1. The second-order valence-corrected chi connectivity index (χ2v) is 8.32. The normalized spacial score (nSPS) is 16.9. The number of aliphatic carboxylic acids is 1. The van der Waals surface area contributed by atoms with Gasteiger partial charge in [0.15, 0.2) is 0 Å². The number of fused-ring (bicyclic) bond motifs is 1. The molecule has 5 heteroatoms. The average Bonchev–Trinajstić information content (AvgIpc) is 3.14. The van der Waals surface area contributed by atoms with Gasteiger partial charge >= 0.3 is 5.97 Å². The molecule has 2 heterocycles. The van der Waals surface area contributed by atoms with Crippen molar-refractivity contribution in [2.75, 3.05) is 19.7 Å². The van der Waals surface area contributed by atoms with Crippen molar-refractivity contribution in [3.63, 3.8) is 0 Å². The van der Waals surface area contributed by atoms with Gasteiger partial charge in [-0.25, -0.2) is 0 Å². The zero-order valence-electron chi connectivity index (χ0n) is 16.0. The number of carbonyl (C=O) groups is 1. The van der Waals surface area contributed by atoms with Crippen molar-refractivity contribution in [1.29, 1.82) is 0 Å². The number of para-hydroxylation sites is 1. The number of hydrogen-bond donors (Lipinski definition) is 1. The van der Waals surface area contributed by atoms with Crippen LogP contribution in [0.3, 0.4) is 0 Å². The lowest BCUT2D eigenvalue weighted by Gasteiger charge is -2.37. The van der Waals surface area contributed by atoms with Crippen LogP contribution in [0.5, 0.6) is 5.75 Å². The van der Waals surface area contributed by atoms with Crippen molar-refractivity contribution in [3.8, 4) is 5.75 Å². The highest BCUT2D eigenvalue weighted by Gasteiger charge is 2.32. The Kier molecular flexibility index (Phi) is 5.64. The first-order valence-corrected chi connectivity index (χ1v) is 10.7. The molecule has 3 aromatic rings. The van der Waals surface area contributed by atoms with Gasteiger partial charge in [-0.1, -0.05) is 36.4 Å². The van der Waals surface area contributed by atoms with E-state index in [1.807, 2.05) is 30.4 Å². The number of likely N-dealkylation sites (tertiary alicyclic amines) is 1. The number of carboxylic acids is 1. The summed E-state index contributed by atoms with van der Waals surface area (Å²) in [6.07, 6.45) is 1.38. The minimum Gasteiger partial charge on any atom is -0.494 e. The van der Waals surface area contributed by atoms with Crippen molar-refractivity contribution in [1.82, 2.24) is 4.90 Å². The summed E-state index contributed by atoms with van der Waals surface area (Å²) in [5.41, 5.74) is 1.16. The predicted molar refractivity (Wildman–Crippen MR) is 113 cm³/mol. The molecule has 1 fully saturated rings. The Labute approximate surface area is 169 Å². The lowest BCUT2D eigenvalue weighted by atomic mass is 9.93. The topological polar surface area (TPSA) is 49.8 Å². The average molecular weight is 396 g/mol. The molecule has 28 heavy (non-hydrogen) atoms. The molecule has 1 unspecified atom stereocenters. The summed E-state index contributed by atoms with van der Waals surface area (Å²) in [6.45, 7) is 4.17. The van der Waals surface area contributed by atoms with E-state index >= 15 is 0 Å². The molecule has 1 saturated heterocycles. The van der Waals surface area contributed by atoms with Crippen LogP contribution in [-0.4, -0.2) is 35.7 Å². The molecule has 146 valence electrons. The van der Waals surface area contributed by atoms with Crippen molar-refractivity contribution in [3.05, 3.63) is 65.0 Å². The van der Waals surface area contributed by atoms with Gasteiger partial charge in [-0.15, -0.1) is 11.3 Å². The van der Waals surface area contributed by atoms with Crippen LogP contribution >= 0.6 is 11.3 Å². The Hall–Kier alpha value is -2.37. The third kappa shape index (κ3) is 3.77. The molecule has 1 aliphatic heterocycles. The van der Waals surface area contributed by atoms with Gasteiger partial charge < -0.3 is 9.84 Å². The highest BCUT2D eigenvalue weighted by atomic mass is 32.1. The Morgan fingerprint density at radius 3 is 2.61 bits per heavy atom. The smallest absolute Gasteiger partial charge is 0.306 e. The molecule has 4 nitrogen and oxygen atoms in total. The maximum atomic E-state index is 11.4. The van der Waals surface area contributed by atoms with Crippen LogP contribution in [-0.2, 0) is 4.79 Å². The first-order valence-electron chi connectivity index (χ1n) is 9.84. The zero-order chi connectivity index (χ0) is 19.5. The first-order chi connectivity index (χ1) is 13.7. The number of ether oxygens (including phenoxy) is 1. The minimum atomic E-state index is -0.673. The van der Waals surface area contributed by atoms with Crippen molar-refractivity contribution < 1.29 is 14.6 Å². The third-order valence-electron chi connectivity index (χ3n) is 5.47. The largest absolute Gasteiger partial charge is 0.494 e. The van der Waals surface area contributed by atoms with Crippen LogP contribution in [0.25, 0.3) is 10.1 Å². The maximum absolute atomic E-state index is 11.4. The van der Waals surface area contributed by atoms with E-state index in [1.54, 1.807) is 0 Å². The van der Waals surface area contributed by atoms with Crippen LogP contribution in [0, 0.1) is 5.92 Å². The molecule has 0 bridgehead atoms. The molecule has 1 atom stereocenters. The molecule has 4 rings (SSSR count). The fraction of sp³-hybridized carbons (Fsp3) is 0.348. The summed E-state index contributed by atoms with van der Waals surface area (Å²) in [5.74, 6) is 0.00189. The number of benzene rings is 2. The molecule has 0 amide bonds. The second kappa shape index (κ2) is 8.33. The van der Waals surface area contributed by atoms with Gasteiger partial charge in [0, 0.05) is 15.1 Å². The standard InChI is InChI=1S/C23H25NO3S/c1-2-27-19-9-5-4-8-18(19)22(24-13-11-16(12-14-24)23(25)26)21-15-17-7-3-6-10-20(17)28-21/h3-10,15-16,22H,2,11-14H2,1H3,(H,25,26). The van der Waals surface area contributed by atoms with Gasteiger partial charge in [0.2, 0.25) is 0 Å². The SMILES string of the molecule is CCOc1ccccc1C(c1cc2ccccc2s1)N1CCC(C(=O)O)CC1. The lowest BCUT2D eigenvalue weighted by molar-refractivity contribution is -0.143. The molecule has 0 saturated carbocycles. The molecule has 0 aliphatic carbocycles. The van der Waals surface area contributed by atoms with Crippen LogP contribution < -0.4 is 4.74 Å². The van der Waals surface area contributed by atoms with Gasteiger partial charge in [-0.3, -0.25) is 9.69 Å². The van der Waals surface area contributed by atoms with Gasteiger partial charge in [-0.05, 0) is 56.4 Å². The highest BCUT2D eigenvalue weighted by molar-refractivity contribution is 7.19. The molecule has 2 aromatic carbocycles. The van der Waals surface area contributed by atoms with E-state index in [9.17, 15) is 9.90 Å². The monoisotopic (exact) mass is 395 g/mol. The molecular formula is C23H25NO3S. The fourth-order valence-corrected chi connectivity index (χ4v) is 5.28. The Morgan fingerprint density at radius 1 is 1.18 bits per heavy atom. The fourth-order valence-electron chi connectivity index (χ4n) is 4.07. The summed E-state index contributed by atoms with van der Waals surface area (Å²) < 4.78 is 7.22. The van der Waals surface area contributed by atoms with E-state index in [-0.39, 0.29) is 12.0 Å². The zero-order valence-corrected chi connectivity index (χ0v) is 16.8. The van der Waals surface area contributed by atoms with Crippen LogP contribution in [0.4, 0.5) is 0 Å². The quantitative estimate of drug-likeness (QED) is 0.624. The maximum Gasteiger partial charge on any atom is 0.306 e. The number of nitrogens with zero attached hydrogens (tertiary/aromatic N) is 1. The van der Waals surface area contributed by atoms with Crippen molar-refractivity contribution in [2.45, 2.75) is 25.8 Å². The van der Waals surface area contributed by atoms with E-state index in [0.29, 0.717) is 19.4 Å². The van der Waals surface area contributed by atoms with E-state index in [2.05, 4.69) is 47.4 Å². The first kappa shape index (κ1) is 19.0. The molecule has 1 N–H and O–H groups in total. The Bertz CT molecular complexity index is 926. The lowest BCUT2D eigenvalue weighted by Crippen LogP contribution is -2.39. The van der Waals surface area contributed by atoms with Crippen LogP contribution in [0.1, 0.15) is 36.2 Å². The van der Waals surface area contributed by atoms with Crippen LogP contribution in [0.15, 0.2) is 54.6 Å². The van der Waals surface area contributed by atoms with Gasteiger partial charge in [0.25, 0.3) is 0 Å². The van der Waals surface area contributed by atoms with E-state index < -0.39 is 5.97 Å². The predicted octanol–water partition coefficient (Wildman–Crippen LogP) is 5.19. The Balaban J connectivity index is 1.74. The van der Waals surface area contributed by atoms with E-state index in [4.69, 9.17) is 4.74 Å². The number of rotatable bonds is 6.